The lowest BCUT2D eigenvalue weighted by atomic mass is 9.94. The highest BCUT2D eigenvalue weighted by atomic mass is 32.2. The van der Waals surface area contributed by atoms with Crippen molar-refractivity contribution in [1.82, 2.24) is 10.2 Å². The number of nitrogens with one attached hydrogen (secondary N) is 1. The molecule has 2 aliphatic heterocycles. The fourth-order valence-corrected chi connectivity index (χ4v) is 4.36. The molecular formula is C23H26FN3O3S. The van der Waals surface area contributed by atoms with Crippen LogP contribution in [0.1, 0.15) is 45.2 Å². The van der Waals surface area contributed by atoms with Crippen molar-refractivity contribution in [3.8, 4) is 0 Å². The van der Waals surface area contributed by atoms with Crippen LogP contribution in [-0.2, 0) is 14.3 Å². The van der Waals surface area contributed by atoms with E-state index in [2.05, 4.69) is 16.9 Å². The summed E-state index contributed by atoms with van der Waals surface area (Å²) in [7, 11) is 0. The summed E-state index contributed by atoms with van der Waals surface area (Å²) >= 11 is 1.40. The van der Waals surface area contributed by atoms with Gasteiger partial charge >= 0.3 is 5.97 Å². The van der Waals surface area contributed by atoms with Gasteiger partial charge in [0.25, 0.3) is 0 Å². The lowest BCUT2D eigenvalue weighted by Crippen LogP contribution is -2.39. The van der Waals surface area contributed by atoms with Gasteiger partial charge in [-0.25, -0.2) is 14.2 Å². The van der Waals surface area contributed by atoms with Crippen molar-refractivity contribution in [3.63, 3.8) is 0 Å². The van der Waals surface area contributed by atoms with Crippen molar-refractivity contribution >= 4 is 28.8 Å². The number of aliphatic imine (C=N–C) groups is 1. The molecule has 1 aromatic carbocycles. The minimum absolute atomic E-state index is 0.0659. The van der Waals surface area contributed by atoms with Crippen LogP contribution in [0.5, 0.6) is 0 Å². The van der Waals surface area contributed by atoms with E-state index in [1.165, 1.54) is 30.0 Å². The van der Waals surface area contributed by atoms with Crippen LogP contribution in [0.25, 0.3) is 0 Å². The molecule has 8 heteroatoms. The second-order valence-corrected chi connectivity index (χ2v) is 8.22. The number of rotatable bonds is 8. The first-order chi connectivity index (χ1) is 14.8. The average Bonchev–Trinajstić information content (AvgIpc) is 3.13. The molecule has 0 aliphatic carbocycles. The molecule has 0 spiro atoms. The summed E-state index contributed by atoms with van der Waals surface area (Å²) < 4.78 is 18.9. The number of amidine groups is 1. The van der Waals surface area contributed by atoms with Crippen LogP contribution >= 0.6 is 11.8 Å². The first kappa shape index (κ1) is 22.8. The molecule has 2 atom stereocenters. The zero-order valence-electron chi connectivity index (χ0n) is 17.9. The Morgan fingerprint density at radius 3 is 2.74 bits per heavy atom. The van der Waals surface area contributed by atoms with E-state index >= 15 is 0 Å². The van der Waals surface area contributed by atoms with Crippen LogP contribution in [0.15, 0.2) is 64.3 Å². The number of allylic oxidation sites excluding steroid dienone is 1. The van der Waals surface area contributed by atoms with Crippen molar-refractivity contribution in [2.24, 2.45) is 4.99 Å². The SMILES string of the molecule is C=CCOC(=O)C1=C(C)N=C2SC=C(CC(=O)N[C@@H](C)CC)N2[C@@H]1c1ccc(F)cc1. The second-order valence-electron chi connectivity index (χ2n) is 7.39. The van der Waals surface area contributed by atoms with E-state index in [9.17, 15) is 14.0 Å². The number of halogens is 1. The number of thioether (sulfide) groups is 1. The van der Waals surface area contributed by atoms with Gasteiger partial charge in [0.1, 0.15) is 12.4 Å². The van der Waals surface area contributed by atoms with Gasteiger partial charge in [-0.3, -0.25) is 4.79 Å². The van der Waals surface area contributed by atoms with Crippen molar-refractivity contribution in [1.29, 1.82) is 0 Å². The van der Waals surface area contributed by atoms with E-state index in [0.717, 1.165) is 12.1 Å². The van der Waals surface area contributed by atoms with Gasteiger partial charge in [0.2, 0.25) is 5.91 Å². The minimum atomic E-state index is -0.580. The standard InChI is InChI=1S/C23H26FN3O3S/c1-5-11-30-22(29)20-15(4)26-23-27(21(20)16-7-9-17(24)10-8-16)18(13-31-23)12-19(28)25-14(3)6-2/h5,7-10,13-14,21H,1,6,11-12H2,2-4H3,(H,25,28)/t14-,21+/m0/s1. The summed E-state index contributed by atoms with van der Waals surface area (Å²) in [6.07, 6.45) is 2.46. The van der Waals surface area contributed by atoms with Gasteiger partial charge in [-0.05, 0) is 43.4 Å². The molecular weight excluding hydrogens is 417 g/mol. The maximum absolute atomic E-state index is 13.6. The molecule has 1 N–H and O–H groups in total. The maximum Gasteiger partial charge on any atom is 0.338 e. The van der Waals surface area contributed by atoms with Crippen molar-refractivity contribution in [2.75, 3.05) is 6.61 Å². The Morgan fingerprint density at radius 2 is 2.10 bits per heavy atom. The van der Waals surface area contributed by atoms with Crippen LogP contribution < -0.4 is 5.32 Å². The zero-order valence-corrected chi connectivity index (χ0v) is 18.7. The van der Waals surface area contributed by atoms with Crippen molar-refractivity contribution < 1.29 is 18.7 Å². The summed E-state index contributed by atoms with van der Waals surface area (Å²) in [4.78, 5) is 31.9. The van der Waals surface area contributed by atoms with E-state index in [1.807, 2.05) is 24.2 Å². The van der Waals surface area contributed by atoms with E-state index in [4.69, 9.17) is 4.74 Å². The zero-order chi connectivity index (χ0) is 22.5. The third-order valence-electron chi connectivity index (χ3n) is 5.10. The Bertz CT molecular complexity index is 969. The first-order valence-corrected chi connectivity index (χ1v) is 11.0. The van der Waals surface area contributed by atoms with Crippen molar-refractivity contribution in [2.45, 2.75) is 45.7 Å². The molecule has 1 amide bonds. The summed E-state index contributed by atoms with van der Waals surface area (Å²) in [6.45, 7) is 9.35. The fourth-order valence-electron chi connectivity index (χ4n) is 3.40. The number of fused-ring (bicyclic) bond motifs is 1. The highest BCUT2D eigenvalue weighted by Crippen LogP contribution is 2.44. The maximum atomic E-state index is 13.6. The Labute approximate surface area is 185 Å². The van der Waals surface area contributed by atoms with Gasteiger partial charge < -0.3 is 15.0 Å². The smallest absolute Gasteiger partial charge is 0.338 e. The number of hydrogen-bond donors (Lipinski definition) is 1. The largest absolute Gasteiger partial charge is 0.458 e. The molecule has 2 heterocycles. The first-order valence-electron chi connectivity index (χ1n) is 10.1. The van der Waals surface area contributed by atoms with E-state index in [-0.39, 0.29) is 30.8 Å². The molecule has 0 saturated carbocycles. The lowest BCUT2D eigenvalue weighted by molar-refractivity contribution is -0.138. The highest BCUT2D eigenvalue weighted by Gasteiger charge is 2.41. The molecule has 0 fully saturated rings. The molecule has 6 nitrogen and oxygen atoms in total. The Balaban J connectivity index is 1.98. The van der Waals surface area contributed by atoms with Gasteiger partial charge in [0, 0.05) is 11.7 Å². The minimum Gasteiger partial charge on any atom is -0.458 e. The van der Waals surface area contributed by atoms with Crippen LogP contribution in [0.3, 0.4) is 0 Å². The van der Waals surface area contributed by atoms with E-state index < -0.39 is 12.0 Å². The molecule has 164 valence electrons. The van der Waals surface area contributed by atoms with Crippen LogP contribution in [0, 0.1) is 5.82 Å². The molecule has 31 heavy (non-hydrogen) atoms. The molecule has 0 bridgehead atoms. The molecule has 1 aromatic rings. The molecule has 2 aliphatic rings. The van der Waals surface area contributed by atoms with Crippen LogP contribution in [0.2, 0.25) is 0 Å². The Kier molecular flexibility index (Phi) is 7.33. The number of benzene rings is 1. The molecule has 0 unspecified atom stereocenters. The molecule has 3 rings (SSSR count). The lowest BCUT2D eigenvalue weighted by Gasteiger charge is -2.36. The highest BCUT2D eigenvalue weighted by molar-refractivity contribution is 8.16. The van der Waals surface area contributed by atoms with Gasteiger partial charge in [0.05, 0.1) is 23.7 Å². The van der Waals surface area contributed by atoms with E-state index in [1.54, 1.807) is 19.1 Å². The van der Waals surface area contributed by atoms with Gasteiger partial charge in [-0.2, -0.15) is 0 Å². The van der Waals surface area contributed by atoms with Crippen LogP contribution in [-0.4, -0.2) is 34.6 Å². The third-order valence-corrected chi connectivity index (χ3v) is 5.99. The summed E-state index contributed by atoms with van der Waals surface area (Å²) in [5, 5.41) is 5.50. The molecule has 0 saturated heterocycles. The van der Waals surface area contributed by atoms with E-state index in [0.29, 0.717) is 22.0 Å². The summed E-state index contributed by atoms with van der Waals surface area (Å²) in [5.74, 6) is -0.998. The summed E-state index contributed by atoms with van der Waals surface area (Å²) in [5.41, 5.74) is 2.31. The van der Waals surface area contributed by atoms with Crippen molar-refractivity contribution in [3.05, 3.63) is 70.7 Å². The van der Waals surface area contributed by atoms with Gasteiger partial charge in [0.15, 0.2) is 5.17 Å². The number of amides is 1. The predicted molar refractivity (Wildman–Crippen MR) is 120 cm³/mol. The quantitative estimate of drug-likeness (QED) is 0.475. The number of ether oxygens (including phenoxy) is 1. The number of esters is 1. The topological polar surface area (TPSA) is 71.0 Å². The number of hydrogen-bond acceptors (Lipinski definition) is 6. The third kappa shape index (κ3) is 5.07. The van der Waals surface area contributed by atoms with Gasteiger partial charge in [-0.15, -0.1) is 0 Å². The Morgan fingerprint density at radius 1 is 1.39 bits per heavy atom. The number of nitrogens with zero attached hydrogens (tertiary/aromatic N) is 2. The average molecular weight is 444 g/mol. The monoisotopic (exact) mass is 443 g/mol. The summed E-state index contributed by atoms with van der Waals surface area (Å²) in [6, 6.07) is 5.46. The van der Waals surface area contributed by atoms with Gasteiger partial charge in [-0.1, -0.05) is 43.5 Å². The Hall–Kier alpha value is -2.87. The predicted octanol–water partition coefficient (Wildman–Crippen LogP) is 4.43. The number of carbonyl (C=O) groups excluding carboxylic acids is 2. The molecule has 0 radical (unpaired) electrons. The fraction of sp³-hybridized carbons (Fsp3) is 0.348. The molecule has 0 aromatic heterocycles. The number of carbonyl (C=O) groups is 2. The second kappa shape index (κ2) is 9.96. The van der Waals surface area contributed by atoms with Crippen LogP contribution in [0.4, 0.5) is 4.39 Å². The normalized spacial score (nSPS) is 18.7.